The molecule has 0 atom stereocenters. The van der Waals surface area contributed by atoms with Gasteiger partial charge in [0.25, 0.3) is 0 Å². The van der Waals surface area contributed by atoms with Gasteiger partial charge in [0.2, 0.25) is 0 Å². The van der Waals surface area contributed by atoms with Crippen LogP contribution in [0.4, 0.5) is 11.6 Å². The molecule has 0 saturated carbocycles. The monoisotopic (exact) mass is 378 g/mol. The summed E-state index contributed by atoms with van der Waals surface area (Å²) in [6, 6.07) is 5.64. The first-order chi connectivity index (χ1) is 13.0. The fourth-order valence-electron chi connectivity index (χ4n) is 3.83. The zero-order valence-electron chi connectivity index (χ0n) is 17.0. The summed E-state index contributed by atoms with van der Waals surface area (Å²) < 4.78 is 1.79. The molecule has 0 unspecified atom stereocenters. The molecule has 3 aromatic heterocycles. The predicted octanol–water partition coefficient (Wildman–Crippen LogP) is 3.46. The van der Waals surface area contributed by atoms with Gasteiger partial charge in [-0.05, 0) is 43.9 Å². The van der Waals surface area contributed by atoms with Crippen LogP contribution in [-0.2, 0) is 19.0 Å². The second-order valence-corrected chi connectivity index (χ2v) is 9.04. The lowest BCUT2D eigenvalue weighted by Gasteiger charge is -2.29. The average Bonchev–Trinajstić information content (AvgIpc) is 2.90. The van der Waals surface area contributed by atoms with Crippen molar-refractivity contribution in [1.82, 2.24) is 19.7 Å². The van der Waals surface area contributed by atoms with E-state index < -0.39 is 5.54 Å². The molecule has 3 aromatic rings. The highest BCUT2D eigenvalue weighted by molar-refractivity contribution is 5.98. The number of fused-ring (bicyclic) bond motifs is 2. The number of aromatic nitrogens is 4. The Morgan fingerprint density at radius 2 is 1.96 bits per heavy atom. The molecule has 0 radical (unpaired) electrons. The lowest BCUT2D eigenvalue weighted by Crippen LogP contribution is -2.29. The lowest BCUT2D eigenvalue weighted by molar-refractivity contribution is 0.0910. The van der Waals surface area contributed by atoms with Crippen molar-refractivity contribution < 1.29 is 4.79 Å². The quantitative estimate of drug-likeness (QED) is 0.724. The van der Waals surface area contributed by atoms with E-state index in [1.807, 2.05) is 39.1 Å². The van der Waals surface area contributed by atoms with E-state index in [0.29, 0.717) is 18.1 Å². The van der Waals surface area contributed by atoms with Crippen molar-refractivity contribution in [2.45, 2.75) is 46.1 Å². The number of nitrogens with two attached hydrogens (primary N) is 1. The number of nitrogens with one attached hydrogen (secondary N) is 1. The van der Waals surface area contributed by atoms with Gasteiger partial charge in [0.05, 0.1) is 28.6 Å². The number of nitrogens with zero attached hydrogens (tertiary/aromatic N) is 4. The summed E-state index contributed by atoms with van der Waals surface area (Å²) in [6.45, 7) is 8.07. The normalized spacial score (nSPS) is 16.3. The molecule has 1 aliphatic rings. The molecule has 4 rings (SSSR count). The van der Waals surface area contributed by atoms with Crippen molar-refractivity contribution in [3.8, 4) is 0 Å². The molecular weight excluding hydrogens is 352 g/mol. The van der Waals surface area contributed by atoms with Crippen molar-refractivity contribution in [2.24, 2.45) is 18.2 Å². The van der Waals surface area contributed by atoms with Crippen LogP contribution in [0.25, 0.3) is 10.9 Å². The van der Waals surface area contributed by atoms with E-state index in [1.165, 1.54) is 0 Å². The van der Waals surface area contributed by atoms with Crippen LogP contribution in [0.5, 0.6) is 0 Å². The van der Waals surface area contributed by atoms with Crippen molar-refractivity contribution >= 4 is 28.3 Å². The lowest BCUT2D eigenvalue weighted by atomic mass is 9.76. The summed E-state index contributed by atoms with van der Waals surface area (Å²) in [6.07, 6.45) is 3.13. The van der Waals surface area contributed by atoms with Crippen molar-refractivity contribution in [2.75, 3.05) is 5.32 Å². The van der Waals surface area contributed by atoms with Crippen LogP contribution in [0.3, 0.4) is 0 Å². The molecule has 0 saturated heterocycles. The van der Waals surface area contributed by atoms with Crippen LogP contribution in [0, 0.1) is 5.41 Å². The molecule has 0 bridgehead atoms. The Hall–Kier alpha value is -2.80. The van der Waals surface area contributed by atoms with Gasteiger partial charge in [-0.15, -0.1) is 0 Å². The van der Waals surface area contributed by atoms with Crippen LogP contribution in [0.2, 0.25) is 0 Å². The molecule has 3 heterocycles. The van der Waals surface area contributed by atoms with E-state index in [4.69, 9.17) is 10.7 Å². The van der Waals surface area contributed by atoms with Crippen molar-refractivity contribution in [3.05, 3.63) is 41.3 Å². The maximum atomic E-state index is 12.4. The number of carbonyl (C=O) groups excluding carboxylic acids is 1. The maximum absolute atomic E-state index is 12.4. The Morgan fingerprint density at radius 3 is 2.68 bits per heavy atom. The van der Waals surface area contributed by atoms with Crippen molar-refractivity contribution in [1.29, 1.82) is 0 Å². The number of hydrogen-bond acceptors (Lipinski definition) is 6. The fraction of sp³-hybridized carbons (Fsp3) is 0.429. The number of anilines is 2. The molecule has 0 aromatic carbocycles. The first-order valence-corrected chi connectivity index (χ1v) is 9.46. The minimum absolute atomic E-state index is 0.0653. The Kier molecular flexibility index (Phi) is 4.04. The highest BCUT2D eigenvalue weighted by Crippen LogP contribution is 2.34. The van der Waals surface area contributed by atoms with Gasteiger partial charge in [0.1, 0.15) is 11.6 Å². The second kappa shape index (κ2) is 6.10. The molecule has 1 aliphatic carbocycles. The number of hydrogen-bond donors (Lipinski definition) is 2. The number of aryl methyl sites for hydroxylation is 1. The van der Waals surface area contributed by atoms with E-state index in [-0.39, 0.29) is 11.2 Å². The van der Waals surface area contributed by atoms with Crippen LogP contribution >= 0.6 is 0 Å². The standard InChI is InChI=1S/C21H26N6O/c1-20(2)9-14-12(16(28)10-20)6-7-17(24-14)25-18-8-13-15(11-23-18)27(5)26-19(13)21(3,4)22/h6-8,11H,9-10,22H2,1-5H3,(H,23,24,25). The number of Topliss-reactive ketones (excluding diaryl/α,β-unsaturated/α-hetero) is 1. The number of ketones is 1. The third-order valence-electron chi connectivity index (χ3n) is 5.16. The third kappa shape index (κ3) is 3.26. The molecule has 0 spiro atoms. The summed E-state index contributed by atoms with van der Waals surface area (Å²) in [4.78, 5) is 21.5. The topological polar surface area (TPSA) is 98.7 Å². The second-order valence-electron chi connectivity index (χ2n) is 9.04. The molecule has 0 amide bonds. The minimum atomic E-state index is -0.561. The predicted molar refractivity (Wildman–Crippen MR) is 110 cm³/mol. The first kappa shape index (κ1) is 18.6. The van der Waals surface area contributed by atoms with Crippen molar-refractivity contribution in [3.63, 3.8) is 0 Å². The minimum Gasteiger partial charge on any atom is -0.325 e. The fourth-order valence-corrected chi connectivity index (χ4v) is 3.83. The maximum Gasteiger partial charge on any atom is 0.165 e. The molecule has 146 valence electrons. The van der Waals surface area contributed by atoms with Gasteiger partial charge in [-0.25, -0.2) is 9.97 Å². The van der Waals surface area contributed by atoms with E-state index in [9.17, 15) is 4.79 Å². The van der Waals surface area contributed by atoms with E-state index in [2.05, 4.69) is 29.2 Å². The summed E-state index contributed by atoms with van der Waals surface area (Å²) in [5.41, 5.74) is 8.98. The third-order valence-corrected chi connectivity index (χ3v) is 5.16. The van der Waals surface area contributed by atoms with Crippen LogP contribution < -0.4 is 11.1 Å². The van der Waals surface area contributed by atoms with Crippen LogP contribution in [-0.4, -0.2) is 25.5 Å². The van der Waals surface area contributed by atoms with E-state index >= 15 is 0 Å². The van der Waals surface area contributed by atoms with Gasteiger partial charge < -0.3 is 11.1 Å². The van der Waals surface area contributed by atoms with Gasteiger partial charge in [0.15, 0.2) is 5.78 Å². The average molecular weight is 378 g/mol. The summed E-state index contributed by atoms with van der Waals surface area (Å²) in [7, 11) is 1.89. The number of carbonyl (C=O) groups is 1. The Labute approximate surface area is 164 Å². The molecule has 7 heteroatoms. The van der Waals surface area contributed by atoms with Gasteiger partial charge in [-0.2, -0.15) is 5.10 Å². The van der Waals surface area contributed by atoms with Crippen LogP contribution in [0.15, 0.2) is 24.4 Å². The van der Waals surface area contributed by atoms with Crippen LogP contribution in [0.1, 0.15) is 55.9 Å². The Balaban J connectivity index is 1.70. The Bertz CT molecular complexity index is 1090. The first-order valence-electron chi connectivity index (χ1n) is 9.46. The smallest absolute Gasteiger partial charge is 0.165 e. The molecular formula is C21H26N6O. The molecule has 7 nitrogen and oxygen atoms in total. The zero-order chi connectivity index (χ0) is 20.3. The Morgan fingerprint density at radius 1 is 1.21 bits per heavy atom. The highest BCUT2D eigenvalue weighted by Gasteiger charge is 2.32. The molecule has 28 heavy (non-hydrogen) atoms. The van der Waals surface area contributed by atoms with E-state index in [0.717, 1.165) is 34.3 Å². The number of pyridine rings is 2. The molecule has 0 aliphatic heterocycles. The number of rotatable bonds is 3. The summed E-state index contributed by atoms with van der Waals surface area (Å²) in [5.74, 6) is 1.50. The van der Waals surface area contributed by atoms with Gasteiger partial charge in [-0.1, -0.05) is 13.8 Å². The molecule has 0 fully saturated rings. The van der Waals surface area contributed by atoms with Gasteiger partial charge >= 0.3 is 0 Å². The SMILES string of the molecule is Cn1nc(C(C)(C)N)c2cc(Nc3ccc4c(n3)CC(C)(C)CC4=O)ncc21. The summed E-state index contributed by atoms with van der Waals surface area (Å²) >= 11 is 0. The highest BCUT2D eigenvalue weighted by atomic mass is 16.1. The van der Waals surface area contributed by atoms with Gasteiger partial charge in [0, 0.05) is 24.4 Å². The summed E-state index contributed by atoms with van der Waals surface area (Å²) in [5, 5.41) is 8.79. The zero-order valence-corrected chi connectivity index (χ0v) is 17.0. The van der Waals surface area contributed by atoms with E-state index in [1.54, 1.807) is 10.9 Å². The molecule has 3 N–H and O–H groups in total. The largest absolute Gasteiger partial charge is 0.325 e. The van der Waals surface area contributed by atoms with Gasteiger partial charge in [-0.3, -0.25) is 9.48 Å².